The van der Waals surface area contributed by atoms with Crippen LogP contribution in [0.2, 0.25) is 0 Å². The Morgan fingerprint density at radius 2 is 1.94 bits per heavy atom. The summed E-state index contributed by atoms with van der Waals surface area (Å²) >= 11 is 0. The van der Waals surface area contributed by atoms with Crippen molar-refractivity contribution >= 4 is 0 Å². The van der Waals surface area contributed by atoms with E-state index in [0.717, 1.165) is 32.0 Å². The summed E-state index contributed by atoms with van der Waals surface area (Å²) in [4.78, 5) is 4.53. The number of hydrogen-bond donors (Lipinski definition) is 1. The summed E-state index contributed by atoms with van der Waals surface area (Å²) < 4.78 is 2.30. The van der Waals surface area contributed by atoms with Crippen molar-refractivity contribution in [3.8, 4) is 0 Å². The number of hydrogen-bond acceptors (Lipinski definition) is 2. The Bertz CT molecular complexity index is 330. The summed E-state index contributed by atoms with van der Waals surface area (Å²) in [5.74, 6) is 3.07. The molecule has 104 valence electrons. The molecule has 2 unspecified atom stereocenters. The zero-order valence-electron chi connectivity index (χ0n) is 12.6. The molecule has 0 saturated carbocycles. The van der Waals surface area contributed by atoms with Gasteiger partial charge in [0.05, 0.1) is 0 Å². The smallest absolute Gasteiger partial charge is 0.111 e. The first kappa shape index (κ1) is 15.2. The van der Waals surface area contributed by atoms with Gasteiger partial charge in [0, 0.05) is 24.9 Å². The third-order valence-corrected chi connectivity index (χ3v) is 3.49. The molecule has 3 heteroatoms. The standard InChI is InChI=1S/C15H29N3/c1-6-8-18-9-7-17-15(18)14(5)13(4)11-16-10-12(2)3/h7,9,12-14,16H,6,8,10-11H2,1-5H3. The predicted octanol–water partition coefficient (Wildman–Crippen LogP) is 3.28. The maximum atomic E-state index is 4.53. The van der Waals surface area contributed by atoms with Gasteiger partial charge in [-0.25, -0.2) is 4.98 Å². The van der Waals surface area contributed by atoms with E-state index in [4.69, 9.17) is 0 Å². The van der Waals surface area contributed by atoms with E-state index in [-0.39, 0.29) is 0 Å². The normalized spacial score (nSPS) is 15.0. The van der Waals surface area contributed by atoms with Gasteiger partial charge in [-0.05, 0) is 31.3 Å². The lowest BCUT2D eigenvalue weighted by atomic mass is 9.95. The molecule has 1 heterocycles. The zero-order chi connectivity index (χ0) is 13.5. The van der Waals surface area contributed by atoms with E-state index in [1.807, 2.05) is 6.20 Å². The lowest BCUT2D eigenvalue weighted by Crippen LogP contribution is -2.28. The Morgan fingerprint density at radius 1 is 1.22 bits per heavy atom. The van der Waals surface area contributed by atoms with Crippen LogP contribution in [0, 0.1) is 11.8 Å². The second-order valence-corrected chi connectivity index (χ2v) is 5.80. The molecule has 0 aliphatic carbocycles. The lowest BCUT2D eigenvalue weighted by molar-refractivity contribution is 0.407. The third-order valence-electron chi connectivity index (χ3n) is 3.49. The molecule has 0 bridgehead atoms. The predicted molar refractivity (Wildman–Crippen MR) is 77.8 cm³/mol. The molecular formula is C15H29N3. The van der Waals surface area contributed by atoms with Crippen LogP contribution >= 0.6 is 0 Å². The van der Waals surface area contributed by atoms with Gasteiger partial charge in [0.25, 0.3) is 0 Å². The summed E-state index contributed by atoms with van der Waals surface area (Å²) in [5, 5.41) is 3.54. The zero-order valence-corrected chi connectivity index (χ0v) is 12.6. The van der Waals surface area contributed by atoms with E-state index >= 15 is 0 Å². The highest BCUT2D eigenvalue weighted by atomic mass is 15.1. The van der Waals surface area contributed by atoms with Crippen LogP contribution in [0.15, 0.2) is 12.4 Å². The molecule has 0 saturated heterocycles. The van der Waals surface area contributed by atoms with Crippen LogP contribution in [0.5, 0.6) is 0 Å². The average molecular weight is 251 g/mol. The van der Waals surface area contributed by atoms with E-state index in [9.17, 15) is 0 Å². The monoisotopic (exact) mass is 251 g/mol. The van der Waals surface area contributed by atoms with Gasteiger partial charge in [0.2, 0.25) is 0 Å². The molecule has 1 aromatic heterocycles. The van der Waals surface area contributed by atoms with Crippen LogP contribution in [0.25, 0.3) is 0 Å². The number of aromatic nitrogens is 2. The van der Waals surface area contributed by atoms with Crippen LogP contribution in [-0.2, 0) is 6.54 Å². The van der Waals surface area contributed by atoms with Crippen molar-refractivity contribution in [1.29, 1.82) is 0 Å². The van der Waals surface area contributed by atoms with Crippen molar-refractivity contribution in [2.45, 2.75) is 53.5 Å². The van der Waals surface area contributed by atoms with Crippen LogP contribution in [0.3, 0.4) is 0 Å². The minimum Gasteiger partial charge on any atom is -0.335 e. The Kier molecular flexibility index (Phi) is 6.41. The summed E-state index contributed by atoms with van der Waals surface area (Å²) in [6.07, 6.45) is 5.19. The van der Waals surface area contributed by atoms with Crippen LogP contribution in [0.1, 0.15) is 52.8 Å². The number of nitrogens with one attached hydrogen (secondary N) is 1. The maximum absolute atomic E-state index is 4.53. The molecule has 2 atom stereocenters. The number of aryl methyl sites for hydroxylation is 1. The highest BCUT2D eigenvalue weighted by molar-refractivity contribution is 5.01. The molecular weight excluding hydrogens is 222 g/mol. The molecule has 1 aromatic rings. The van der Waals surface area contributed by atoms with Gasteiger partial charge in [-0.2, -0.15) is 0 Å². The second-order valence-electron chi connectivity index (χ2n) is 5.80. The summed E-state index contributed by atoms with van der Waals surface area (Å²) in [5.41, 5.74) is 0. The van der Waals surface area contributed by atoms with Crippen molar-refractivity contribution in [2.24, 2.45) is 11.8 Å². The molecule has 18 heavy (non-hydrogen) atoms. The SMILES string of the molecule is CCCn1ccnc1C(C)C(C)CNCC(C)C. The van der Waals surface area contributed by atoms with Gasteiger partial charge < -0.3 is 9.88 Å². The second kappa shape index (κ2) is 7.57. The first-order valence-electron chi connectivity index (χ1n) is 7.28. The highest BCUT2D eigenvalue weighted by Crippen LogP contribution is 2.22. The quantitative estimate of drug-likeness (QED) is 0.768. The van der Waals surface area contributed by atoms with Crippen LogP contribution < -0.4 is 5.32 Å². The van der Waals surface area contributed by atoms with Crippen LogP contribution in [-0.4, -0.2) is 22.6 Å². The molecule has 0 aliphatic rings. The number of nitrogens with zero attached hydrogens (tertiary/aromatic N) is 2. The lowest BCUT2D eigenvalue weighted by Gasteiger charge is -2.21. The van der Waals surface area contributed by atoms with Crippen molar-refractivity contribution in [3.63, 3.8) is 0 Å². The summed E-state index contributed by atoms with van der Waals surface area (Å²) in [7, 11) is 0. The van der Waals surface area contributed by atoms with Crippen LogP contribution in [0.4, 0.5) is 0 Å². The minimum absolute atomic E-state index is 0.506. The maximum Gasteiger partial charge on any atom is 0.111 e. The first-order chi connectivity index (χ1) is 8.56. The highest BCUT2D eigenvalue weighted by Gasteiger charge is 2.18. The molecule has 0 amide bonds. The molecule has 0 aliphatic heterocycles. The topological polar surface area (TPSA) is 29.9 Å². The van der Waals surface area contributed by atoms with Gasteiger partial charge in [0.15, 0.2) is 0 Å². The molecule has 1 rings (SSSR count). The van der Waals surface area contributed by atoms with Gasteiger partial charge in [-0.3, -0.25) is 0 Å². The van der Waals surface area contributed by atoms with Crippen molar-refractivity contribution in [3.05, 3.63) is 18.2 Å². The van der Waals surface area contributed by atoms with Crippen molar-refractivity contribution < 1.29 is 0 Å². The molecule has 1 N–H and O–H groups in total. The Balaban J connectivity index is 2.51. The Morgan fingerprint density at radius 3 is 2.56 bits per heavy atom. The van der Waals surface area contributed by atoms with Gasteiger partial charge in [0.1, 0.15) is 5.82 Å². The van der Waals surface area contributed by atoms with E-state index < -0.39 is 0 Å². The molecule has 0 spiro atoms. The van der Waals surface area contributed by atoms with Gasteiger partial charge >= 0.3 is 0 Å². The number of rotatable bonds is 8. The van der Waals surface area contributed by atoms with E-state index in [0.29, 0.717) is 11.8 Å². The molecule has 3 nitrogen and oxygen atoms in total. The molecule has 0 aromatic carbocycles. The van der Waals surface area contributed by atoms with E-state index in [1.165, 1.54) is 5.82 Å². The minimum atomic E-state index is 0.506. The Hall–Kier alpha value is -0.830. The molecule has 0 fully saturated rings. The number of imidazole rings is 1. The largest absolute Gasteiger partial charge is 0.335 e. The van der Waals surface area contributed by atoms with Gasteiger partial charge in [-0.15, -0.1) is 0 Å². The Labute approximate surface area is 112 Å². The van der Waals surface area contributed by atoms with Crippen molar-refractivity contribution in [2.75, 3.05) is 13.1 Å². The van der Waals surface area contributed by atoms with E-state index in [1.54, 1.807) is 0 Å². The summed E-state index contributed by atoms with van der Waals surface area (Å²) in [6.45, 7) is 14.5. The van der Waals surface area contributed by atoms with Gasteiger partial charge in [-0.1, -0.05) is 34.6 Å². The first-order valence-corrected chi connectivity index (χ1v) is 7.28. The fourth-order valence-electron chi connectivity index (χ4n) is 2.18. The van der Waals surface area contributed by atoms with Crippen molar-refractivity contribution in [1.82, 2.24) is 14.9 Å². The fourth-order valence-corrected chi connectivity index (χ4v) is 2.18. The van der Waals surface area contributed by atoms with E-state index in [2.05, 4.69) is 55.7 Å². The average Bonchev–Trinajstić information content (AvgIpc) is 2.76. The summed E-state index contributed by atoms with van der Waals surface area (Å²) in [6, 6.07) is 0. The molecule has 0 radical (unpaired) electrons. The fraction of sp³-hybridized carbons (Fsp3) is 0.800. The third kappa shape index (κ3) is 4.45.